The normalized spacial score (nSPS) is 10.1. The van der Waals surface area contributed by atoms with Crippen LogP contribution in [0, 0.1) is 0 Å². The van der Waals surface area contributed by atoms with Crippen LogP contribution in [0.25, 0.3) is 0 Å². The molecule has 0 saturated heterocycles. The first-order chi connectivity index (χ1) is 14.3. The first-order valence-corrected chi connectivity index (χ1v) is 10.1. The fourth-order valence-corrected chi connectivity index (χ4v) is 2.67. The van der Waals surface area contributed by atoms with E-state index < -0.39 is 24.4 Å². The Bertz CT molecular complexity index is 921. The molecule has 0 spiro atoms. The van der Waals surface area contributed by atoms with Crippen molar-refractivity contribution in [3.05, 3.63) is 63.6 Å². The topological polar surface area (TPSA) is 114 Å². The molecule has 0 aliphatic heterocycles. The molecule has 0 aliphatic rings. The van der Waals surface area contributed by atoms with Gasteiger partial charge in [0.05, 0.1) is 10.7 Å². The predicted molar refractivity (Wildman–Crippen MR) is 115 cm³/mol. The summed E-state index contributed by atoms with van der Waals surface area (Å²) in [5.41, 5.74) is 5.22. The second kappa shape index (κ2) is 11.9. The largest absolute Gasteiger partial charge is 0.455 e. The average molecular weight is 497 g/mol. The van der Waals surface area contributed by atoms with Crippen molar-refractivity contribution in [3.63, 3.8) is 0 Å². The molecular formula is C20H19BrClN3O5. The minimum atomic E-state index is -0.690. The number of rotatable bonds is 8. The molecule has 158 valence electrons. The second-order valence-electron chi connectivity index (χ2n) is 6.05. The van der Waals surface area contributed by atoms with Crippen molar-refractivity contribution in [1.82, 2.24) is 10.9 Å². The van der Waals surface area contributed by atoms with Crippen molar-refractivity contribution in [2.75, 3.05) is 11.9 Å². The van der Waals surface area contributed by atoms with Gasteiger partial charge in [-0.25, -0.2) is 0 Å². The smallest absolute Gasteiger partial charge is 0.306 e. The molecule has 3 N–H and O–H groups in total. The molecule has 0 aliphatic carbocycles. The van der Waals surface area contributed by atoms with Gasteiger partial charge in [-0.3, -0.25) is 30.0 Å². The zero-order valence-electron chi connectivity index (χ0n) is 15.7. The summed E-state index contributed by atoms with van der Waals surface area (Å²) < 4.78 is 5.63. The van der Waals surface area contributed by atoms with Gasteiger partial charge in [-0.15, -0.1) is 0 Å². The molecule has 0 bridgehead atoms. The van der Waals surface area contributed by atoms with Crippen LogP contribution < -0.4 is 16.2 Å². The van der Waals surface area contributed by atoms with Gasteiger partial charge >= 0.3 is 5.97 Å². The van der Waals surface area contributed by atoms with Crippen LogP contribution in [0.2, 0.25) is 5.02 Å². The van der Waals surface area contributed by atoms with Gasteiger partial charge < -0.3 is 10.1 Å². The van der Waals surface area contributed by atoms with Gasteiger partial charge in [0, 0.05) is 22.9 Å². The Kier molecular flexibility index (Phi) is 9.30. The fourth-order valence-electron chi connectivity index (χ4n) is 2.22. The first-order valence-electron chi connectivity index (χ1n) is 8.90. The van der Waals surface area contributed by atoms with Crippen LogP contribution in [-0.2, 0) is 19.1 Å². The molecule has 0 saturated carbocycles. The van der Waals surface area contributed by atoms with E-state index in [1.54, 1.807) is 48.5 Å². The van der Waals surface area contributed by atoms with Crippen molar-refractivity contribution >= 4 is 56.9 Å². The molecule has 0 aromatic heterocycles. The Morgan fingerprint density at radius 3 is 2.30 bits per heavy atom. The number of ether oxygens (including phenoxy) is 1. The molecule has 0 atom stereocenters. The lowest BCUT2D eigenvalue weighted by Gasteiger charge is -2.09. The maximum atomic E-state index is 11.9. The highest BCUT2D eigenvalue weighted by molar-refractivity contribution is 9.10. The van der Waals surface area contributed by atoms with E-state index in [0.717, 1.165) is 4.47 Å². The van der Waals surface area contributed by atoms with Crippen LogP contribution in [0.4, 0.5) is 5.69 Å². The van der Waals surface area contributed by atoms with E-state index in [2.05, 4.69) is 32.1 Å². The number of benzene rings is 2. The number of amides is 3. The second-order valence-corrected chi connectivity index (χ2v) is 7.37. The summed E-state index contributed by atoms with van der Waals surface area (Å²) in [4.78, 5) is 47.1. The number of anilines is 1. The zero-order valence-corrected chi connectivity index (χ0v) is 18.1. The Hall–Kier alpha value is -2.91. The number of esters is 1. The third-order valence-electron chi connectivity index (χ3n) is 3.72. The summed E-state index contributed by atoms with van der Waals surface area (Å²) >= 11 is 9.21. The maximum Gasteiger partial charge on any atom is 0.306 e. The Balaban J connectivity index is 1.60. The number of para-hydroxylation sites is 1. The van der Waals surface area contributed by atoms with E-state index in [1.165, 1.54) is 0 Å². The summed E-state index contributed by atoms with van der Waals surface area (Å²) in [6, 6.07) is 13.3. The van der Waals surface area contributed by atoms with Crippen molar-refractivity contribution in [2.45, 2.75) is 19.3 Å². The Morgan fingerprint density at radius 2 is 1.60 bits per heavy atom. The van der Waals surface area contributed by atoms with Crippen molar-refractivity contribution < 1.29 is 23.9 Å². The summed E-state index contributed by atoms with van der Waals surface area (Å²) in [5, 5.41) is 3.07. The number of carbonyl (C=O) groups excluding carboxylic acids is 4. The minimum Gasteiger partial charge on any atom is -0.455 e. The average Bonchev–Trinajstić information content (AvgIpc) is 2.72. The molecule has 0 heterocycles. The van der Waals surface area contributed by atoms with Crippen molar-refractivity contribution in [3.8, 4) is 0 Å². The van der Waals surface area contributed by atoms with Gasteiger partial charge in [-0.1, -0.05) is 39.7 Å². The molecule has 2 aromatic carbocycles. The van der Waals surface area contributed by atoms with Crippen LogP contribution in [-0.4, -0.2) is 30.3 Å². The van der Waals surface area contributed by atoms with Crippen LogP contribution in [0.1, 0.15) is 29.6 Å². The SMILES string of the molecule is O=C(COC(=O)CCCC(=O)Nc1ccccc1Cl)NNC(=O)c1ccc(Br)cc1. The molecule has 8 nitrogen and oxygen atoms in total. The first kappa shape index (κ1) is 23.4. The van der Waals surface area contributed by atoms with Crippen LogP contribution in [0.15, 0.2) is 53.0 Å². The molecule has 0 unspecified atom stereocenters. The Morgan fingerprint density at radius 1 is 0.900 bits per heavy atom. The third kappa shape index (κ3) is 8.22. The highest BCUT2D eigenvalue weighted by Crippen LogP contribution is 2.20. The summed E-state index contributed by atoms with van der Waals surface area (Å²) in [7, 11) is 0. The highest BCUT2D eigenvalue weighted by atomic mass is 79.9. The van der Waals surface area contributed by atoms with Gasteiger partial charge in [0.15, 0.2) is 6.61 Å². The predicted octanol–water partition coefficient (Wildman–Crippen LogP) is 3.22. The van der Waals surface area contributed by atoms with E-state index in [1.807, 2.05) is 0 Å². The fraction of sp³-hybridized carbons (Fsp3) is 0.200. The molecule has 0 fully saturated rings. The molecule has 2 aromatic rings. The lowest BCUT2D eigenvalue weighted by molar-refractivity contribution is -0.148. The zero-order chi connectivity index (χ0) is 21.9. The molecule has 3 amide bonds. The van der Waals surface area contributed by atoms with Crippen molar-refractivity contribution in [2.24, 2.45) is 0 Å². The Labute approximate surface area is 186 Å². The monoisotopic (exact) mass is 495 g/mol. The number of hydrogen-bond acceptors (Lipinski definition) is 5. The summed E-state index contributed by atoms with van der Waals surface area (Å²) in [6.07, 6.45) is 0.307. The summed E-state index contributed by atoms with van der Waals surface area (Å²) in [5.74, 6) is -2.11. The summed E-state index contributed by atoms with van der Waals surface area (Å²) in [6.45, 7) is -0.550. The van der Waals surface area contributed by atoms with Crippen LogP contribution in [0.5, 0.6) is 0 Å². The van der Waals surface area contributed by atoms with E-state index in [0.29, 0.717) is 16.3 Å². The standard InChI is InChI=1S/C20H19BrClN3O5/c21-14-10-8-13(9-11-14)20(29)25-24-18(27)12-30-19(28)7-3-6-17(26)23-16-5-2-1-4-15(16)22/h1-2,4-5,8-11H,3,6-7,12H2,(H,23,26)(H,24,27)(H,25,29). The lowest BCUT2D eigenvalue weighted by atomic mass is 10.2. The maximum absolute atomic E-state index is 11.9. The molecule has 0 radical (unpaired) electrons. The van der Waals surface area contributed by atoms with Crippen LogP contribution >= 0.6 is 27.5 Å². The van der Waals surface area contributed by atoms with Gasteiger partial charge in [-0.05, 0) is 42.8 Å². The van der Waals surface area contributed by atoms with E-state index in [9.17, 15) is 19.2 Å². The van der Waals surface area contributed by atoms with Gasteiger partial charge in [0.2, 0.25) is 5.91 Å². The van der Waals surface area contributed by atoms with Crippen LogP contribution in [0.3, 0.4) is 0 Å². The number of hydrogen-bond donors (Lipinski definition) is 3. The van der Waals surface area contributed by atoms with Gasteiger partial charge in [0.25, 0.3) is 11.8 Å². The third-order valence-corrected chi connectivity index (χ3v) is 4.58. The molecular weight excluding hydrogens is 478 g/mol. The number of halogens is 2. The lowest BCUT2D eigenvalue weighted by Crippen LogP contribution is -2.43. The molecule has 10 heteroatoms. The van der Waals surface area contributed by atoms with Crippen molar-refractivity contribution in [1.29, 1.82) is 0 Å². The number of nitrogens with one attached hydrogen (secondary N) is 3. The van der Waals surface area contributed by atoms with E-state index in [4.69, 9.17) is 16.3 Å². The van der Waals surface area contributed by atoms with Gasteiger partial charge in [0.1, 0.15) is 0 Å². The molecule has 30 heavy (non-hydrogen) atoms. The van der Waals surface area contributed by atoms with Gasteiger partial charge in [-0.2, -0.15) is 0 Å². The minimum absolute atomic E-state index is 0.0333. The van der Waals surface area contributed by atoms with E-state index in [-0.39, 0.29) is 25.2 Å². The quantitative estimate of drug-likeness (QED) is 0.384. The van der Waals surface area contributed by atoms with E-state index >= 15 is 0 Å². The molecule has 2 rings (SSSR count). The number of carbonyl (C=O) groups is 4. The highest BCUT2D eigenvalue weighted by Gasteiger charge is 2.11. The number of hydrazine groups is 1.